The molecule has 0 aliphatic carbocycles. The Hall–Kier alpha value is -2.47. The van der Waals surface area contributed by atoms with E-state index in [4.69, 9.17) is 4.42 Å². The van der Waals surface area contributed by atoms with Gasteiger partial charge in [-0.25, -0.2) is 9.37 Å². The fourth-order valence-electron chi connectivity index (χ4n) is 3.16. The number of nitrogens with zero attached hydrogens (tertiary/aromatic N) is 3. The molecule has 1 unspecified atom stereocenters. The molecule has 0 spiro atoms. The van der Waals surface area contributed by atoms with Gasteiger partial charge in [-0.3, -0.25) is 10.00 Å². The molecule has 3 aromatic rings. The maximum Gasteiger partial charge on any atom is 0.209 e. The zero-order valence-corrected chi connectivity index (χ0v) is 12.6. The molecule has 0 radical (unpaired) electrons. The van der Waals surface area contributed by atoms with Gasteiger partial charge in [-0.2, -0.15) is 5.10 Å². The Labute approximate surface area is 133 Å². The molecule has 5 nitrogen and oxygen atoms in total. The van der Waals surface area contributed by atoms with E-state index in [1.54, 1.807) is 30.6 Å². The van der Waals surface area contributed by atoms with Crippen molar-refractivity contribution in [3.05, 3.63) is 60.1 Å². The molecule has 1 fully saturated rings. The van der Waals surface area contributed by atoms with Crippen LogP contribution in [-0.4, -0.2) is 26.6 Å². The second-order valence-electron chi connectivity index (χ2n) is 5.74. The number of nitrogens with one attached hydrogen (secondary N) is 1. The quantitative estimate of drug-likeness (QED) is 0.800. The molecular weight excluding hydrogens is 295 g/mol. The fourth-order valence-corrected chi connectivity index (χ4v) is 3.16. The van der Waals surface area contributed by atoms with E-state index in [0.29, 0.717) is 29.8 Å². The van der Waals surface area contributed by atoms with E-state index in [0.717, 1.165) is 25.1 Å². The van der Waals surface area contributed by atoms with Gasteiger partial charge in [0, 0.05) is 6.20 Å². The minimum Gasteiger partial charge on any atom is -0.439 e. The topological polar surface area (TPSA) is 58.0 Å². The predicted molar refractivity (Wildman–Crippen MR) is 82.9 cm³/mol. The van der Waals surface area contributed by atoms with Crippen LogP contribution in [0.4, 0.5) is 4.39 Å². The van der Waals surface area contributed by atoms with E-state index in [9.17, 15) is 4.39 Å². The fraction of sp³-hybridized carbons (Fsp3) is 0.294. The lowest BCUT2D eigenvalue weighted by Crippen LogP contribution is -2.23. The monoisotopic (exact) mass is 312 g/mol. The maximum atomic E-state index is 13.8. The second kappa shape index (κ2) is 5.96. The molecular formula is C17H17FN4O. The highest BCUT2D eigenvalue weighted by molar-refractivity contribution is 5.56. The zero-order valence-electron chi connectivity index (χ0n) is 12.6. The average molecular weight is 312 g/mol. The predicted octanol–water partition coefficient (Wildman–Crippen LogP) is 3.54. The van der Waals surface area contributed by atoms with Crippen LogP contribution in [0.1, 0.15) is 30.5 Å². The molecule has 0 amide bonds. The first-order chi connectivity index (χ1) is 11.3. The van der Waals surface area contributed by atoms with Crippen LogP contribution >= 0.6 is 0 Å². The van der Waals surface area contributed by atoms with Gasteiger partial charge >= 0.3 is 0 Å². The lowest BCUT2D eigenvalue weighted by atomic mass is 10.1. The Kier molecular flexibility index (Phi) is 3.67. The first-order valence-electron chi connectivity index (χ1n) is 7.74. The number of aromatic amines is 1. The van der Waals surface area contributed by atoms with Crippen molar-refractivity contribution in [3.63, 3.8) is 0 Å². The van der Waals surface area contributed by atoms with Crippen LogP contribution in [0, 0.1) is 5.82 Å². The van der Waals surface area contributed by atoms with E-state index >= 15 is 0 Å². The van der Waals surface area contributed by atoms with E-state index in [-0.39, 0.29) is 5.82 Å². The molecule has 1 N–H and O–H groups in total. The number of H-pyrrole nitrogens is 1. The number of likely N-dealkylation sites (tertiary alicyclic amines) is 1. The van der Waals surface area contributed by atoms with Crippen molar-refractivity contribution in [2.45, 2.75) is 25.4 Å². The SMILES string of the molecule is Fc1ccccc1-c1cnc(CN2CCCC2c2ccn[nH]2)o1. The van der Waals surface area contributed by atoms with Crippen LogP contribution < -0.4 is 0 Å². The van der Waals surface area contributed by atoms with Crippen molar-refractivity contribution in [1.82, 2.24) is 20.1 Å². The third-order valence-electron chi connectivity index (χ3n) is 4.28. The number of aromatic nitrogens is 3. The van der Waals surface area contributed by atoms with Gasteiger partial charge in [0.05, 0.1) is 30.0 Å². The third kappa shape index (κ3) is 2.77. The summed E-state index contributed by atoms with van der Waals surface area (Å²) in [6.45, 7) is 1.60. The molecule has 6 heteroatoms. The summed E-state index contributed by atoms with van der Waals surface area (Å²) < 4.78 is 19.6. The number of halogens is 1. The summed E-state index contributed by atoms with van der Waals surface area (Å²) in [5, 5.41) is 7.07. The van der Waals surface area contributed by atoms with Crippen molar-refractivity contribution in [1.29, 1.82) is 0 Å². The van der Waals surface area contributed by atoms with Crippen molar-refractivity contribution in [3.8, 4) is 11.3 Å². The summed E-state index contributed by atoms with van der Waals surface area (Å²) in [5.74, 6) is 0.775. The van der Waals surface area contributed by atoms with Crippen LogP contribution in [0.15, 0.2) is 47.1 Å². The Morgan fingerprint density at radius 2 is 2.22 bits per heavy atom. The Balaban J connectivity index is 1.53. The van der Waals surface area contributed by atoms with Gasteiger partial charge in [0.15, 0.2) is 5.76 Å². The van der Waals surface area contributed by atoms with E-state index in [1.165, 1.54) is 6.07 Å². The Morgan fingerprint density at radius 3 is 3.04 bits per heavy atom. The van der Waals surface area contributed by atoms with Gasteiger partial charge in [-0.05, 0) is 37.6 Å². The average Bonchev–Trinajstić information content (AvgIpc) is 3.29. The highest BCUT2D eigenvalue weighted by Crippen LogP contribution is 2.32. The highest BCUT2D eigenvalue weighted by atomic mass is 19.1. The summed E-state index contributed by atoms with van der Waals surface area (Å²) in [7, 11) is 0. The van der Waals surface area contributed by atoms with Crippen molar-refractivity contribution < 1.29 is 8.81 Å². The summed E-state index contributed by atoms with van der Waals surface area (Å²) in [6.07, 6.45) is 5.58. The number of benzene rings is 1. The Morgan fingerprint density at radius 1 is 1.30 bits per heavy atom. The first-order valence-corrected chi connectivity index (χ1v) is 7.74. The smallest absolute Gasteiger partial charge is 0.209 e. The van der Waals surface area contributed by atoms with E-state index in [2.05, 4.69) is 20.1 Å². The molecule has 118 valence electrons. The van der Waals surface area contributed by atoms with Crippen LogP contribution in [0.25, 0.3) is 11.3 Å². The van der Waals surface area contributed by atoms with Crippen LogP contribution in [0.5, 0.6) is 0 Å². The zero-order chi connectivity index (χ0) is 15.6. The second-order valence-corrected chi connectivity index (χ2v) is 5.74. The van der Waals surface area contributed by atoms with Crippen LogP contribution in [0.3, 0.4) is 0 Å². The van der Waals surface area contributed by atoms with Crippen molar-refractivity contribution in [2.24, 2.45) is 0 Å². The molecule has 1 saturated heterocycles. The van der Waals surface area contributed by atoms with Gasteiger partial charge in [-0.1, -0.05) is 12.1 Å². The molecule has 0 bridgehead atoms. The lowest BCUT2D eigenvalue weighted by Gasteiger charge is -2.21. The molecule has 1 aliphatic rings. The Bertz CT molecular complexity index is 784. The van der Waals surface area contributed by atoms with Gasteiger partial charge in [-0.15, -0.1) is 0 Å². The van der Waals surface area contributed by atoms with Crippen molar-refractivity contribution in [2.75, 3.05) is 6.54 Å². The molecule has 0 saturated carbocycles. The maximum absolute atomic E-state index is 13.8. The molecule has 2 aromatic heterocycles. The van der Waals surface area contributed by atoms with E-state index in [1.807, 2.05) is 6.07 Å². The molecule has 23 heavy (non-hydrogen) atoms. The number of hydrogen-bond donors (Lipinski definition) is 1. The first kappa shape index (κ1) is 14.1. The van der Waals surface area contributed by atoms with Crippen LogP contribution in [0.2, 0.25) is 0 Å². The highest BCUT2D eigenvalue weighted by Gasteiger charge is 2.28. The third-order valence-corrected chi connectivity index (χ3v) is 4.28. The number of hydrogen-bond acceptors (Lipinski definition) is 4. The summed E-state index contributed by atoms with van der Waals surface area (Å²) in [6, 6.07) is 8.88. The molecule has 1 atom stereocenters. The lowest BCUT2D eigenvalue weighted by molar-refractivity contribution is 0.221. The minimum absolute atomic E-state index is 0.299. The largest absolute Gasteiger partial charge is 0.439 e. The minimum atomic E-state index is -0.299. The number of rotatable bonds is 4. The molecule has 1 aromatic carbocycles. The van der Waals surface area contributed by atoms with Crippen LogP contribution in [-0.2, 0) is 6.54 Å². The molecule has 3 heterocycles. The standard InChI is InChI=1S/C17H17FN4O/c18-13-5-2-1-4-12(13)16-10-19-17(23-16)11-22-9-3-6-15(22)14-7-8-20-21-14/h1-2,4-5,7-8,10,15H,3,6,9,11H2,(H,20,21). The normalized spacial score (nSPS) is 18.6. The molecule has 1 aliphatic heterocycles. The van der Waals surface area contributed by atoms with E-state index < -0.39 is 0 Å². The van der Waals surface area contributed by atoms with Gasteiger partial charge in [0.1, 0.15) is 5.82 Å². The van der Waals surface area contributed by atoms with Gasteiger partial charge in [0.25, 0.3) is 0 Å². The summed E-state index contributed by atoms with van der Waals surface area (Å²) in [4.78, 5) is 6.62. The summed E-state index contributed by atoms with van der Waals surface area (Å²) in [5.41, 5.74) is 1.56. The van der Waals surface area contributed by atoms with Crippen molar-refractivity contribution >= 4 is 0 Å². The van der Waals surface area contributed by atoms with Gasteiger partial charge < -0.3 is 4.42 Å². The summed E-state index contributed by atoms with van der Waals surface area (Å²) >= 11 is 0. The number of oxazole rings is 1. The van der Waals surface area contributed by atoms with Gasteiger partial charge in [0.2, 0.25) is 5.89 Å². The molecule has 4 rings (SSSR count).